The number of hydrogen-bond acceptors (Lipinski definition) is 12. The van der Waals surface area contributed by atoms with Gasteiger partial charge in [0.05, 0.1) is 24.2 Å². The standard InChI is InChI=1S/C40H42N4O12/c1-21-19-44(32(46)14-10-22-7-11-24(53-2)12-8-22)29-18-27(25-5-3-4-6-26(25)33(21)29)43-40(52)54-20-23-9-13-30(28(17-23)42-31(45)15-16-41)55-39-36(49)34(47)35(48)37(56-39)38(50)51/h3-14,17-18,21,34-37,39,47-49H,15-16,19-20,41H2,1-2H3,(H,42,45)(H,43,52)(H,50,51)/b14-10+/t21?,34-,35-,36+,37-,39+/m0/s1. The largest absolute Gasteiger partial charge is 0.497 e. The quantitative estimate of drug-likeness (QED) is 0.103. The van der Waals surface area contributed by atoms with Crippen molar-refractivity contribution in [3.8, 4) is 11.5 Å². The van der Waals surface area contributed by atoms with Crippen LogP contribution >= 0.6 is 0 Å². The Bertz CT molecular complexity index is 2140. The highest BCUT2D eigenvalue weighted by molar-refractivity contribution is 6.11. The lowest BCUT2D eigenvalue weighted by molar-refractivity contribution is -0.271. The van der Waals surface area contributed by atoms with Gasteiger partial charge >= 0.3 is 12.1 Å². The lowest BCUT2D eigenvalue weighted by Crippen LogP contribution is -2.61. The molecule has 16 heteroatoms. The van der Waals surface area contributed by atoms with E-state index >= 15 is 0 Å². The number of nitrogens with zero attached hydrogens (tertiary/aromatic N) is 1. The van der Waals surface area contributed by atoms with Gasteiger partial charge < -0.3 is 55.3 Å². The number of aliphatic hydroxyl groups excluding tert-OH is 3. The molecule has 2 aliphatic rings. The number of aliphatic hydroxyl groups is 3. The van der Waals surface area contributed by atoms with Gasteiger partial charge in [0.1, 0.15) is 36.4 Å². The molecule has 0 aliphatic carbocycles. The van der Waals surface area contributed by atoms with Crippen LogP contribution in [0, 0.1) is 0 Å². The van der Waals surface area contributed by atoms with Crippen molar-refractivity contribution in [3.63, 3.8) is 0 Å². The van der Waals surface area contributed by atoms with E-state index < -0.39 is 48.7 Å². The summed E-state index contributed by atoms with van der Waals surface area (Å²) in [6, 6.07) is 20.9. The summed E-state index contributed by atoms with van der Waals surface area (Å²) in [6.07, 6.45) is -6.96. The lowest BCUT2D eigenvalue weighted by Gasteiger charge is -2.38. The monoisotopic (exact) mass is 770 g/mol. The van der Waals surface area contributed by atoms with Gasteiger partial charge in [0.15, 0.2) is 6.10 Å². The minimum Gasteiger partial charge on any atom is -0.497 e. The topological polar surface area (TPSA) is 239 Å². The van der Waals surface area contributed by atoms with Crippen LogP contribution in [0.2, 0.25) is 0 Å². The number of carbonyl (C=O) groups excluding carboxylic acids is 3. The molecule has 0 radical (unpaired) electrons. The number of carbonyl (C=O) groups is 4. The number of carboxylic acid groups (broad SMARTS) is 1. The summed E-state index contributed by atoms with van der Waals surface area (Å²) in [5.74, 6) is -1.68. The van der Waals surface area contributed by atoms with Crippen molar-refractivity contribution in [1.82, 2.24) is 0 Å². The van der Waals surface area contributed by atoms with Gasteiger partial charge in [0.25, 0.3) is 5.91 Å². The van der Waals surface area contributed by atoms with E-state index in [0.29, 0.717) is 29.2 Å². The molecule has 3 amide bonds. The molecule has 4 aromatic rings. The molecule has 16 nitrogen and oxygen atoms in total. The maximum Gasteiger partial charge on any atom is 0.411 e. The molecule has 0 saturated carbocycles. The van der Waals surface area contributed by atoms with Crippen LogP contribution in [0.1, 0.15) is 36.0 Å². The third-order valence-corrected chi connectivity index (χ3v) is 9.46. The molecule has 6 atom stereocenters. The molecule has 1 unspecified atom stereocenters. The molecule has 1 fully saturated rings. The Hall–Kier alpha value is -6.04. The molecule has 56 heavy (non-hydrogen) atoms. The van der Waals surface area contributed by atoms with Crippen molar-refractivity contribution < 1.29 is 58.6 Å². The van der Waals surface area contributed by atoms with Crippen LogP contribution in [-0.4, -0.2) is 95.2 Å². The third kappa shape index (κ3) is 8.59. The second-order valence-corrected chi connectivity index (χ2v) is 13.3. The van der Waals surface area contributed by atoms with E-state index in [1.807, 2.05) is 55.5 Å². The van der Waals surface area contributed by atoms with E-state index in [0.717, 1.165) is 21.9 Å². The van der Waals surface area contributed by atoms with Crippen LogP contribution in [0.4, 0.5) is 21.9 Å². The second kappa shape index (κ2) is 17.2. The zero-order valence-corrected chi connectivity index (χ0v) is 30.5. The summed E-state index contributed by atoms with van der Waals surface area (Å²) in [4.78, 5) is 52.6. The van der Waals surface area contributed by atoms with Crippen molar-refractivity contribution >= 4 is 57.8 Å². The van der Waals surface area contributed by atoms with Crippen molar-refractivity contribution in [2.24, 2.45) is 5.73 Å². The van der Waals surface area contributed by atoms with Crippen molar-refractivity contribution in [2.75, 3.05) is 35.7 Å². The van der Waals surface area contributed by atoms with Crippen LogP contribution in [0.5, 0.6) is 11.5 Å². The van der Waals surface area contributed by atoms with Gasteiger partial charge in [-0.3, -0.25) is 14.9 Å². The summed E-state index contributed by atoms with van der Waals surface area (Å²) in [7, 11) is 1.58. The molecule has 8 N–H and O–H groups in total. The molecular weight excluding hydrogens is 728 g/mol. The maximum absolute atomic E-state index is 13.5. The zero-order chi connectivity index (χ0) is 40.1. The van der Waals surface area contributed by atoms with E-state index in [2.05, 4.69) is 10.6 Å². The van der Waals surface area contributed by atoms with Crippen molar-refractivity contribution in [3.05, 3.63) is 95.6 Å². The lowest BCUT2D eigenvalue weighted by atomic mass is 9.95. The normalized spacial score (nSPS) is 21.7. The molecular formula is C40H42N4O12. The smallest absolute Gasteiger partial charge is 0.411 e. The Labute approximate surface area is 321 Å². The third-order valence-electron chi connectivity index (χ3n) is 9.46. The van der Waals surface area contributed by atoms with E-state index in [4.69, 9.17) is 24.7 Å². The van der Waals surface area contributed by atoms with Crippen molar-refractivity contribution in [1.29, 1.82) is 0 Å². The van der Waals surface area contributed by atoms with E-state index in [-0.39, 0.29) is 42.8 Å². The number of nitrogens with two attached hydrogens (primary N) is 1. The highest BCUT2D eigenvalue weighted by Gasteiger charge is 2.48. The first-order chi connectivity index (χ1) is 26.9. The number of aliphatic carboxylic acids is 1. The molecule has 0 spiro atoms. The Balaban J connectivity index is 1.19. The van der Waals surface area contributed by atoms with Crippen LogP contribution < -0.4 is 30.7 Å². The van der Waals surface area contributed by atoms with E-state index in [1.165, 1.54) is 24.3 Å². The van der Waals surface area contributed by atoms with E-state index in [1.54, 1.807) is 24.2 Å². The maximum atomic E-state index is 13.5. The number of carboxylic acids is 1. The predicted octanol–water partition coefficient (Wildman–Crippen LogP) is 3.32. The first kappa shape index (κ1) is 39.6. The van der Waals surface area contributed by atoms with Gasteiger partial charge in [0.2, 0.25) is 12.2 Å². The van der Waals surface area contributed by atoms with Gasteiger partial charge in [0, 0.05) is 36.9 Å². The van der Waals surface area contributed by atoms with Crippen LogP contribution in [0.3, 0.4) is 0 Å². The number of benzene rings is 4. The van der Waals surface area contributed by atoms with Gasteiger partial charge in [-0.15, -0.1) is 0 Å². The fourth-order valence-corrected chi connectivity index (χ4v) is 6.65. The fourth-order valence-electron chi connectivity index (χ4n) is 6.65. The van der Waals surface area contributed by atoms with Gasteiger partial charge in [-0.05, 0) is 58.5 Å². The number of ether oxygens (including phenoxy) is 4. The Morgan fingerprint density at radius 2 is 1.66 bits per heavy atom. The molecule has 0 bridgehead atoms. The number of nitrogens with one attached hydrogen (secondary N) is 2. The summed E-state index contributed by atoms with van der Waals surface area (Å²) >= 11 is 0. The summed E-state index contributed by atoms with van der Waals surface area (Å²) in [5.41, 5.74) is 8.86. The van der Waals surface area contributed by atoms with Gasteiger partial charge in [-0.1, -0.05) is 49.4 Å². The molecule has 4 aromatic carbocycles. The molecule has 0 aromatic heterocycles. The highest BCUT2D eigenvalue weighted by atomic mass is 16.7. The van der Waals surface area contributed by atoms with Crippen LogP contribution in [-0.2, 0) is 30.5 Å². The average molecular weight is 771 g/mol. The zero-order valence-electron chi connectivity index (χ0n) is 30.5. The average Bonchev–Trinajstić information content (AvgIpc) is 3.53. The number of fused-ring (bicyclic) bond motifs is 3. The molecule has 6 rings (SSSR count). The first-order valence-corrected chi connectivity index (χ1v) is 17.7. The summed E-state index contributed by atoms with van der Waals surface area (Å²) in [5, 5.41) is 47.1. The number of hydrogen-bond donors (Lipinski definition) is 7. The number of methoxy groups -OCH3 is 1. The number of rotatable bonds is 12. The van der Waals surface area contributed by atoms with Crippen LogP contribution in [0.15, 0.2) is 78.9 Å². The van der Waals surface area contributed by atoms with Crippen LogP contribution in [0.25, 0.3) is 16.8 Å². The Morgan fingerprint density at radius 1 is 0.929 bits per heavy atom. The van der Waals surface area contributed by atoms with E-state index in [9.17, 15) is 39.6 Å². The molecule has 2 aliphatic heterocycles. The number of anilines is 3. The Morgan fingerprint density at radius 3 is 2.36 bits per heavy atom. The molecule has 294 valence electrons. The minimum atomic E-state index is -1.93. The molecule has 2 heterocycles. The fraction of sp³-hybridized carbons (Fsp3) is 0.300. The number of amides is 3. The Kier molecular flexibility index (Phi) is 12.2. The summed E-state index contributed by atoms with van der Waals surface area (Å²) < 4.78 is 21.7. The first-order valence-electron chi connectivity index (χ1n) is 17.7. The summed E-state index contributed by atoms with van der Waals surface area (Å²) in [6.45, 7) is 2.24. The van der Waals surface area contributed by atoms with Gasteiger partial charge in [-0.2, -0.15) is 0 Å². The van der Waals surface area contributed by atoms with Gasteiger partial charge in [-0.25, -0.2) is 9.59 Å². The molecule has 1 saturated heterocycles. The predicted molar refractivity (Wildman–Crippen MR) is 204 cm³/mol. The highest BCUT2D eigenvalue weighted by Crippen LogP contribution is 2.44. The SMILES string of the molecule is COc1ccc(/C=C/C(=O)N2CC(C)c3c2cc(NC(=O)OCc2ccc(O[C@@H]4O[C@H](C(=O)O)[C@@H](O)[C@H](O)[C@H]4O)c(NC(=O)CCN)c2)c2ccccc32)cc1. The van der Waals surface area contributed by atoms with Crippen molar-refractivity contribution in [2.45, 2.75) is 56.6 Å². The second-order valence-electron chi connectivity index (χ2n) is 13.3. The minimum absolute atomic E-state index is 0.0175.